The highest BCUT2D eigenvalue weighted by Gasteiger charge is 2.36. The Morgan fingerprint density at radius 3 is 2.71 bits per heavy atom. The summed E-state index contributed by atoms with van der Waals surface area (Å²) in [5, 5.41) is 3.42. The second kappa shape index (κ2) is 5.64. The maximum absolute atomic E-state index is 3.42. The van der Waals surface area contributed by atoms with Crippen LogP contribution in [0.15, 0.2) is 54.1 Å². The van der Waals surface area contributed by atoms with Gasteiger partial charge in [-0.05, 0) is 30.2 Å². The topological polar surface area (TPSA) is 27.9 Å². The molecule has 0 saturated heterocycles. The standard InChI is InChI=1S/C17H21BN3/c1-4-14-12-20-16-10-6-5-9-15(16)18(14)17-11-7-8-13(2)21(17)19-3/h5-12,19-20H,4H2,1-3H3/q+1. The van der Waals surface area contributed by atoms with Crippen LogP contribution in [0, 0.1) is 6.92 Å². The van der Waals surface area contributed by atoms with E-state index in [0.717, 1.165) is 6.42 Å². The van der Waals surface area contributed by atoms with Gasteiger partial charge in [-0.15, -0.1) is 0 Å². The number of aryl methyl sites for hydroxylation is 1. The van der Waals surface area contributed by atoms with Crippen LogP contribution in [0.2, 0.25) is 0 Å². The Balaban J connectivity index is 2.21. The number of nitrogens with zero attached hydrogens (tertiary/aromatic N) is 1. The van der Waals surface area contributed by atoms with Crippen molar-refractivity contribution in [3.8, 4) is 0 Å². The van der Waals surface area contributed by atoms with E-state index in [9.17, 15) is 0 Å². The van der Waals surface area contributed by atoms with Crippen molar-refractivity contribution in [1.82, 2.24) is 0 Å². The molecular formula is C17H21BN3+. The molecular weight excluding hydrogens is 257 g/mol. The number of allylic oxidation sites excluding steroid dienone is 1. The maximum atomic E-state index is 3.42. The number of benzene rings is 1. The first-order chi connectivity index (χ1) is 10.3. The smallest absolute Gasteiger partial charge is 0.329 e. The third-order valence-electron chi connectivity index (χ3n) is 4.20. The largest absolute Gasteiger partial charge is 0.363 e. The van der Waals surface area contributed by atoms with Crippen LogP contribution >= 0.6 is 0 Å². The molecule has 2 aromatic rings. The lowest BCUT2D eigenvalue weighted by Gasteiger charge is -2.23. The van der Waals surface area contributed by atoms with Crippen LogP contribution in [0.1, 0.15) is 19.0 Å². The van der Waals surface area contributed by atoms with Crippen molar-refractivity contribution in [3.05, 3.63) is 59.8 Å². The van der Waals surface area contributed by atoms with Crippen LogP contribution < -0.4 is 26.5 Å². The second-order valence-electron chi connectivity index (χ2n) is 5.39. The quantitative estimate of drug-likeness (QED) is 0.655. The molecule has 0 amide bonds. The lowest BCUT2D eigenvalue weighted by Crippen LogP contribution is -2.67. The van der Waals surface area contributed by atoms with E-state index in [1.54, 1.807) is 0 Å². The molecule has 0 aliphatic carbocycles. The van der Waals surface area contributed by atoms with E-state index in [1.165, 1.54) is 27.9 Å². The first-order valence-electron chi connectivity index (χ1n) is 7.50. The van der Waals surface area contributed by atoms with Gasteiger partial charge in [0, 0.05) is 18.7 Å². The van der Waals surface area contributed by atoms with Crippen molar-refractivity contribution < 1.29 is 4.68 Å². The molecule has 1 aromatic carbocycles. The normalized spacial score (nSPS) is 13.3. The molecule has 1 aromatic heterocycles. The van der Waals surface area contributed by atoms with E-state index in [0.29, 0.717) is 6.71 Å². The molecule has 0 atom stereocenters. The van der Waals surface area contributed by atoms with Crippen LogP contribution in [0.4, 0.5) is 5.69 Å². The summed E-state index contributed by atoms with van der Waals surface area (Å²) >= 11 is 0. The number of nitrogens with one attached hydrogen (secondary N) is 2. The minimum Gasteiger partial charge on any atom is -0.363 e. The highest BCUT2D eigenvalue weighted by molar-refractivity contribution is 6.91. The fourth-order valence-corrected chi connectivity index (χ4v) is 3.16. The number of fused-ring (bicyclic) bond motifs is 1. The number of anilines is 1. The molecule has 21 heavy (non-hydrogen) atoms. The van der Waals surface area contributed by atoms with Gasteiger partial charge >= 0.3 is 6.71 Å². The molecule has 0 saturated carbocycles. The zero-order valence-electron chi connectivity index (χ0n) is 12.9. The Labute approximate surface area is 126 Å². The third kappa shape index (κ3) is 2.31. The predicted octanol–water partition coefficient (Wildman–Crippen LogP) is 1.32. The number of pyridine rings is 1. The fourth-order valence-electron chi connectivity index (χ4n) is 3.16. The van der Waals surface area contributed by atoms with E-state index < -0.39 is 0 Å². The van der Waals surface area contributed by atoms with Gasteiger partial charge in [0.05, 0.1) is 7.05 Å². The van der Waals surface area contributed by atoms with Crippen LogP contribution in [-0.4, -0.2) is 13.8 Å². The molecule has 106 valence electrons. The van der Waals surface area contributed by atoms with E-state index in [2.05, 4.69) is 77.9 Å². The molecule has 2 N–H and O–H groups in total. The van der Waals surface area contributed by atoms with E-state index in [1.807, 2.05) is 7.05 Å². The zero-order chi connectivity index (χ0) is 14.8. The van der Waals surface area contributed by atoms with Crippen LogP contribution in [0.5, 0.6) is 0 Å². The van der Waals surface area contributed by atoms with Crippen molar-refractivity contribution in [1.29, 1.82) is 0 Å². The summed E-state index contributed by atoms with van der Waals surface area (Å²) in [5.41, 5.74) is 9.74. The van der Waals surface area contributed by atoms with E-state index in [4.69, 9.17) is 0 Å². The summed E-state index contributed by atoms with van der Waals surface area (Å²) in [5.74, 6) is 0. The highest BCUT2D eigenvalue weighted by atomic mass is 15.4. The third-order valence-corrected chi connectivity index (χ3v) is 4.20. The van der Waals surface area contributed by atoms with Crippen LogP contribution in [-0.2, 0) is 0 Å². The Kier molecular flexibility index (Phi) is 3.69. The lowest BCUT2D eigenvalue weighted by atomic mass is 9.36. The average molecular weight is 278 g/mol. The summed E-state index contributed by atoms with van der Waals surface area (Å²) < 4.78 is 2.18. The summed E-state index contributed by atoms with van der Waals surface area (Å²) in [6, 6.07) is 15.0. The molecule has 0 spiro atoms. The Morgan fingerprint density at radius 2 is 1.95 bits per heavy atom. The fraction of sp³-hybridized carbons (Fsp3) is 0.235. The number of hydrogen-bond donors (Lipinski definition) is 2. The van der Waals surface area contributed by atoms with Crippen molar-refractivity contribution in [3.63, 3.8) is 0 Å². The number of rotatable bonds is 3. The van der Waals surface area contributed by atoms with Crippen molar-refractivity contribution in [2.45, 2.75) is 20.3 Å². The number of para-hydroxylation sites is 1. The molecule has 0 unspecified atom stereocenters. The van der Waals surface area contributed by atoms with Gasteiger partial charge in [0.15, 0.2) is 5.59 Å². The van der Waals surface area contributed by atoms with E-state index in [-0.39, 0.29) is 0 Å². The first kappa shape index (κ1) is 13.7. The van der Waals surface area contributed by atoms with Crippen molar-refractivity contribution in [2.75, 3.05) is 17.8 Å². The number of aromatic nitrogens is 1. The molecule has 2 heterocycles. The second-order valence-corrected chi connectivity index (χ2v) is 5.39. The molecule has 0 radical (unpaired) electrons. The molecule has 4 heteroatoms. The summed E-state index contributed by atoms with van der Waals surface area (Å²) in [4.78, 5) is 0. The molecule has 3 nitrogen and oxygen atoms in total. The van der Waals surface area contributed by atoms with E-state index >= 15 is 0 Å². The Bertz CT molecular complexity index is 694. The van der Waals surface area contributed by atoms with Crippen LogP contribution in [0.3, 0.4) is 0 Å². The summed E-state index contributed by atoms with van der Waals surface area (Å²) in [6.07, 6.45) is 3.19. The van der Waals surface area contributed by atoms with Gasteiger partial charge in [-0.1, -0.05) is 41.3 Å². The Hall–Kier alpha value is -2.23. The molecule has 1 aliphatic heterocycles. The SMILES string of the molecule is CCC1=CNc2ccccc2B1c1cccc(C)[n+]1NC. The predicted molar refractivity (Wildman–Crippen MR) is 90.1 cm³/mol. The van der Waals surface area contributed by atoms with Gasteiger partial charge in [-0.25, -0.2) is 0 Å². The van der Waals surface area contributed by atoms with Crippen molar-refractivity contribution in [2.24, 2.45) is 0 Å². The highest BCUT2D eigenvalue weighted by Crippen LogP contribution is 2.17. The zero-order valence-corrected chi connectivity index (χ0v) is 12.9. The summed E-state index contributed by atoms with van der Waals surface area (Å²) in [7, 11) is 1.97. The molecule has 0 fully saturated rings. The van der Waals surface area contributed by atoms with Gasteiger partial charge in [0.1, 0.15) is 0 Å². The number of hydrogen-bond acceptors (Lipinski definition) is 2. The van der Waals surface area contributed by atoms with Crippen molar-refractivity contribution >= 4 is 23.5 Å². The summed E-state index contributed by atoms with van der Waals surface area (Å²) in [6.45, 7) is 4.64. The first-order valence-corrected chi connectivity index (χ1v) is 7.50. The lowest BCUT2D eigenvalue weighted by molar-refractivity contribution is -0.636. The van der Waals surface area contributed by atoms with Gasteiger partial charge < -0.3 is 5.32 Å². The van der Waals surface area contributed by atoms with Gasteiger partial charge in [-0.3, -0.25) is 0 Å². The van der Waals surface area contributed by atoms with Crippen LogP contribution in [0.25, 0.3) is 0 Å². The minimum atomic E-state index is 0.291. The van der Waals surface area contributed by atoms with Gasteiger partial charge in [0.25, 0.3) is 0 Å². The molecule has 0 bridgehead atoms. The monoisotopic (exact) mass is 278 g/mol. The Morgan fingerprint density at radius 1 is 1.14 bits per heavy atom. The maximum Gasteiger partial charge on any atom is 0.329 e. The molecule has 1 aliphatic rings. The minimum absolute atomic E-state index is 0.291. The molecule has 3 rings (SSSR count). The average Bonchev–Trinajstić information content (AvgIpc) is 2.53. The van der Waals surface area contributed by atoms with Gasteiger partial charge in [-0.2, -0.15) is 5.43 Å². The van der Waals surface area contributed by atoms with Gasteiger partial charge in [0.2, 0.25) is 5.69 Å².